The minimum absolute atomic E-state index is 0.280. The number of hydrogen-bond acceptors (Lipinski definition) is 3. The fourth-order valence-electron chi connectivity index (χ4n) is 1.84. The van der Waals surface area contributed by atoms with Crippen LogP contribution in [0.15, 0.2) is 45.3 Å². The number of carboxylic acid groups (broad SMARTS) is 1. The van der Waals surface area contributed by atoms with Gasteiger partial charge in [0.25, 0.3) is 0 Å². The molecule has 3 aromatic rings. The number of halogens is 2. The second-order valence-corrected chi connectivity index (χ2v) is 6.93. The number of thiazole rings is 1. The van der Waals surface area contributed by atoms with E-state index in [2.05, 4.69) is 36.8 Å². The molecule has 6 heteroatoms. The maximum Gasteiger partial charge on any atom is 0.335 e. The second-order valence-electron chi connectivity index (χ2n) is 4.13. The summed E-state index contributed by atoms with van der Waals surface area (Å²) in [6.07, 6.45) is 0. The maximum absolute atomic E-state index is 11.0. The largest absolute Gasteiger partial charge is 0.478 e. The van der Waals surface area contributed by atoms with Crippen LogP contribution >= 0.6 is 43.2 Å². The first-order valence-corrected chi connectivity index (χ1v) is 8.04. The van der Waals surface area contributed by atoms with E-state index in [9.17, 15) is 4.79 Å². The third-order valence-corrected chi connectivity index (χ3v) is 5.00. The fourth-order valence-corrected chi connectivity index (χ4v) is 4.25. The highest BCUT2D eigenvalue weighted by atomic mass is 79.9. The van der Waals surface area contributed by atoms with Crippen molar-refractivity contribution in [2.45, 2.75) is 0 Å². The van der Waals surface area contributed by atoms with Gasteiger partial charge in [0.15, 0.2) is 0 Å². The van der Waals surface area contributed by atoms with E-state index in [-0.39, 0.29) is 5.56 Å². The molecule has 100 valence electrons. The standard InChI is InChI=1S/C14H7Br2NO2S/c15-8-2-3-9(10(16)6-8)13-17-11-4-1-7(14(18)19)5-12(11)20-13/h1-6H,(H,18,19). The quantitative estimate of drug-likeness (QED) is 0.630. The van der Waals surface area contributed by atoms with Crippen molar-refractivity contribution >= 4 is 59.4 Å². The first kappa shape index (κ1) is 13.7. The zero-order valence-electron chi connectivity index (χ0n) is 9.93. The van der Waals surface area contributed by atoms with Crippen LogP contribution in [-0.4, -0.2) is 16.1 Å². The van der Waals surface area contributed by atoms with Crippen molar-refractivity contribution in [2.24, 2.45) is 0 Å². The van der Waals surface area contributed by atoms with E-state index < -0.39 is 5.97 Å². The smallest absolute Gasteiger partial charge is 0.335 e. The Labute approximate surface area is 135 Å². The Hall–Kier alpha value is -1.24. The summed E-state index contributed by atoms with van der Waals surface area (Å²) in [5.41, 5.74) is 2.08. The summed E-state index contributed by atoms with van der Waals surface area (Å²) in [6, 6.07) is 10.9. The van der Waals surface area contributed by atoms with Crippen LogP contribution in [0.2, 0.25) is 0 Å². The molecule has 1 N–H and O–H groups in total. The van der Waals surface area contributed by atoms with Gasteiger partial charge < -0.3 is 5.11 Å². The predicted octanol–water partition coefficient (Wildman–Crippen LogP) is 5.19. The van der Waals surface area contributed by atoms with E-state index in [4.69, 9.17) is 5.11 Å². The van der Waals surface area contributed by atoms with E-state index in [1.807, 2.05) is 18.2 Å². The first-order valence-electron chi connectivity index (χ1n) is 5.64. The summed E-state index contributed by atoms with van der Waals surface area (Å²) in [6.45, 7) is 0. The van der Waals surface area contributed by atoms with Crippen LogP contribution in [0, 0.1) is 0 Å². The zero-order chi connectivity index (χ0) is 14.3. The Morgan fingerprint density at radius 1 is 1.15 bits per heavy atom. The SMILES string of the molecule is O=C(O)c1ccc2nc(-c3ccc(Br)cc3Br)sc2c1. The normalized spacial score (nSPS) is 10.9. The number of fused-ring (bicyclic) bond motifs is 1. The number of hydrogen-bond donors (Lipinski definition) is 1. The molecule has 3 rings (SSSR count). The van der Waals surface area contributed by atoms with E-state index in [1.54, 1.807) is 18.2 Å². The Morgan fingerprint density at radius 2 is 1.95 bits per heavy atom. The van der Waals surface area contributed by atoms with Gasteiger partial charge in [-0.15, -0.1) is 11.3 Å². The number of rotatable bonds is 2. The van der Waals surface area contributed by atoms with Crippen molar-refractivity contribution in [3.63, 3.8) is 0 Å². The molecule has 0 saturated carbocycles. The van der Waals surface area contributed by atoms with Gasteiger partial charge in [-0.2, -0.15) is 0 Å². The van der Waals surface area contributed by atoms with Crippen LogP contribution in [0.3, 0.4) is 0 Å². The fraction of sp³-hybridized carbons (Fsp3) is 0. The molecule has 0 aliphatic carbocycles. The van der Waals surface area contributed by atoms with Crippen molar-refractivity contribution in [1.82, 2.24) is 4.98 Å². The summed E-state index contributed by atoms with van der Waals surface area (Å²) in [7, 11) is 0. The van der Waals surface area contributed by atoms with Gasteiger partial charge in [0.2, 0.25) is 0 Å². The molecule has 0 atom stereocenters. The van der Waals surface area contributed by atoms with E-state index >= 15 is 0 Å². The number of aromatic nitrogens is 1. The van der Waals surface area contributed by atoms with Crippen LogP contribution in [0.1, 0.15) is 10.4 Å². The Bertz CT molecular complexity index is 829. The van der Waals surface area contributed by atoms with Crippen LogP contribution in [0.5, 0.6) is 0 Å². The number of carbonyl (C=O) groups is 1. The lowest BCUT2D eigenvalue weighted by atomic mass is 10.2. The summed E-state index contributed by atoms with van der Waals surface area (Å²) < 4.78 is 2.81. The highest BCUT2D eigenvalue weighted by molar-refractivity contribution is 9.11. The molecule has 0 aliphatic heterocycles. The van der Waals surface area contributed by atoms with Crippen LogP contribution in [-0.2, 0) is 0 Å². The van der Waals surface area contributed by atoms with Gasteiger partial charge in [0.1, 0.15) is 5.01 Å². The highest BCUT2D eigenvalue weighted by Crippen LogP contribution is 2.36. The third-order valence-electron chi connectivity index (χ3n) is 2.80. The van der Waals surface area contributed by atoms with E-state index in [0.29, 0.717) is 0 Å². The average molecular weight is 413 g/mol. The molecular formula is C14H7Br2NO2S. The topological polar surface area (TPSA) is 50.2 Å². The molecule has 0 unspecified atom stereocenters. The molecule has 20 heavy (non-hydrogen) atoms. The Morgan fingerprint density at radius 3 is 2.65 bits per heavy atom. The highest BCUT2D eigenvalue weighted by Gasteiger charge is 2.11. The van der Waals surface area contributed by atoms with E-state index in [1.165, 1.54) is 11.3 Å². The van der Waals surface area contributed by atoms with Crippen LogP contribution < -0.4 is 0 Å². The Balaban J connectivity index is 2.15. The lowest BCUT2D eigenvalue weighted by Gasteiger charge is -2.00. The number of nitrogens with zero attached hydrogens (tertiary/aromatic N) is 1. The van der Waals surface area contributed by atoms with Crippen LogP contribution in [0.25, 0.3) is 20.8 Å². The number of aromatic carboxylic acids is 1. The van der Waals surface area contributed by atoms with Crippen molar-refractivity contribution in [3.8, 4) is 10.6 Å². The minimum Gasteiger partial charge on any atom is -0.478 e. The predicted molar refractivity (Wildman–Crippen MR) is 87.4 cm³/mol. The monoisotopic (exact) mass is 411 g/mol. The number of carboxylic acids is 1. The van der Waals surface area contributed by atoms with Gasteiger partial charge in [0, 0.05) is 14.5 Å². The molecule has 0 amide bonds. The van der Waals surface area contributed by atoms with Crippen molar-refractivity contribution in [1.29, 1.82) is 0 Å². The molecule has 0 bridgehead atoms. The van der Waals surface area contributed by atoms with Crippen LogP contribution in [0.4, 0.5) is 0 Å². The van der Waals surface area contributed by atoms with Gasteiger partial charge in [-0.25, -0.2) is 9.78 Å². The molecule has 0 saturated heterocycles. The molecule has 0 aliphatic rings. The molecule has 0 radical (unpaired) electrons. The second kappa shape index (κ2) is 5.27. The lowest BCUT2D eigenvalue weighted by molar-refractivity contribution is 0.0697. The van der Waals surface area contributed by atoms with Gasteiger partial charge in [-0.05, 0) is 36.4 Å². The molecule has 0 fully saturated rings. The maximum atomic E-state index is 11.0. The zero-order valence-corrected chi connectivity index (χ0v) is 13.9. The Kier molecular flexibility index (Phi) is 3.62. The van der Waals surface area contributed by atoms with Crippen molar-refractivity contribution < 1.29 is 9.90 Å². The molecule has 3 nitrogen and oxygen atoms in total. The third kappa shape index (κ3) is 2.51. The van der Waals surface area contributed by atoms with Crippen molar-refractivity contribution in [3.05, 3.63) is 50.9 Å². The summed E-state index contributed by atoms with van der Waals surface area (Å²) in [5, 5.41) is 9.88. The van der Waals surface area contributed by atoms with Gasteiger partial charge in [0.05, 0.1) is 15.8 Å². The van der Waals surface area contributed by atoms with E-state index in [0.717, 1.165) is 29.7 Å². The van der Waals surface area contributed by atoms with Gasteiger partial charge in [-0.1, -0.05) is 31.9 Å². The summed E-state index contributed by atoms with van der Waals surface area (Å²) in [4.78, 5) is 15.5. The first-order chi connectivity index (χ1) is 9.54. The molecular weight excluding hydrogens is 406 g/mol. The molecule has 2 aromatic carbocycles. The lowest BCUT2D eigenvalue weighted by Crippen LogP contribution is -1.94. The summed E-state index contributed by atoms with van der Waals surface area (Å²) in [5.74, 6) is -0.924. The average Bonchev–Trinajstić information content (AvgIpc) is 2.80. The molecule has 1 heterocycles. The van der Waals surface area contributed by atoms with Gasteiger partial charge in [-0.3, -0.25) is 0 Å². The molecule has 1 aromatic heterocycles. The van der Waals surface area contributed by atoms with Gasteiger partial charge >= 0.3 is 5.97 Å². The minimum atomic E-state index is -0.924. The molecule has 0 spiro atoms. The van der Waals surface area contributed by atoms with Crippen molar-refractivity contribution in [2.75, 3.05) is 0 Å². The summed E-state index contributed by atoms with van der Waals surface area (Å²) >= 11 is 8.42. The number of benzene rings is 2.